The number of anilines is 1. The molecule has 0 saturated carbocycles. The first-order valence-electron chi connectivity index (χ1n) is 4.85. The molecule has 0 saturated heterocycles. The highest BCUT2D eigenvalue weighted by molar-refractivity contribution is 9.10. The van der Waals surface area contributed by atoms with Gasteiger partial charge in [0, 0.05) is 22.6 Å². The lowest BCUT2D eigenvalue weighted by Gasteiger charge is -2.05. The van der Waals surface area contributed by atoms with Gasteiger partial charge in [-0.25, -0.2) is 0 Å². The van der Waals surface area contributed by atoms with Crippen LogP contribution in [0.5, 0.6) is 0 Å². The van der Waals surface area contributed by atoms with E-state index in [2.05, 4.69) is 39.0 Å². The second-order valence-corrected chi connectivity index (χ2v) is 4.92. The van der Waals surface area contributed by atoms with Crippen molar-refractivity contribution >= 4 is 40.2 Å². The van der Waals surface area contributed by atoms with Crippen LogP contribution in [-0.2, 0) is 7.05 Å². The fourth-order valence-corrected chi connectivity index (χ4v) is 2.23. The number of hydrogen-bond acceptors (Lipinski definition) is 3. The Morgan fingerprint density at radius 1 is 1.53 bits per heavy atom. The minimum Gasteiger partial charge on any atom is -0.319 e. The van der Waals surface area contributed by atoms with E-state index in [4.69, 9.17) is 0 Å². The lowest BCUT2D eigenvalue weighted by molar-refractivity contribution is 0.102. The molecule has 0 atom stereocenters. The number of nitrogens with one attached hydrogen (secondary N) is 1. The Kier molecular flexibility index (Phi) is 3.54. The van der Waals surface area contributed by atoms with Crippen molar-refractivity contribution in [3.63, 3.8) is 0 Å². The molecule has 0 radical (unpaired) electrons. The second-order valence-electron chi connectivity index (χ2n) is 3.52. The summed E-state index contributed by atoms with van der Waals surface area (Å²) in [5.74, 6) is -0.199. The van der Waals surface area contributed by atoms with Gasteiger partial charge in [-0.2, -0.15) is 5.10 Å². The maximum atomic E-state index is 11.9. The normalized spacial score (nSPS) is 10.3. The van der Waals surface area contributed by atoms with Gasteiger partial charge in [0.1, 0.15) is 0 Å². The van der Waals surface area contributed by atoms with Gasteiger partial charge in [0.25, 0.3) is 5.91 Å². The summed E-state index contributed by atoms with van der Waals surface area (Å²) >= 11 is 7.59. The lowest BCUT2D eigenvalue weighted by atomic mass is 10.2. The smallest absolute Gasteiger partial charge is 0.256 e. The minimum absolute atomic E-state index is 0.199. The highest BCUT2D eigenvalue weighted by Gasteiger charge is 2.10. The van der Waals surface area contributed by atoms with Gasteiger partial charge >= 0.3 is 0 Å². The first-order chi connectivity index (χ1) is 8.06. The number of rotatable bonds is 2. The number of benzene rings is 1. The molecule has 2 rings (SSSR count). The van der Waals surface area contributed by atoms with Crippen molar-refractivity contribution < 1.29 is 4.79 Å². The minimum atomic E-state index is -0.199. The number of halogens is 1. The highest BCUT2D eigenvalue weighted by atomic mass is 79.9. The third-order valence-corrected chi connectivity index (χ3v) is 3.03. The number of aryl methyl sites for hydroxylation is 1. The monoisotopic (exact) mass is 311 g/mol. The van der Waals surface area contributed by atoms with Crippen molar-refractivity contribution in [3.8, 4) is 0 Å². The zero-order chi connectivity index (χ0) is 12.4. The Balaban J connectivity index is 2.20. The van der Waals surface area contributed by atoms with Gasteiger partial charge in [-0.15, -0.1) is 12.6 Å². The number of carbonyl (C=O) groups is 1. The van der Waals surface area contributed by atoms with Crippen LogP contribution in [0.1, 0.15) is 10.4 Å². The van der Waals surface area contributed by atoms with Crippen molar-refractivity contribution in [3.05, 3.63) is 40.6 Å². The summed E-state index contributed by atoms with van der Waals surface area (Å²) in [4.78, 5) is 12.6. The van der Waals surface area contributed by atoms with Crippen LogP contribution in [0.4, 0.5) is 5.69 Å². The number of amides is 1. The molecular formula is C11H10BrN3OS. The average Bonchev–Trinajstić information content (AvgIpc) is 2.63. The summed E-state index contributed by atoms with van der Waals surface area (Å²) in [5, 5.41) is 6.73. The summed E-state index contributed by atoms with van der Waals surface area (Å²) in [5.41, 5.74) is 1.19. The SMILES string of the molecule is Cn1cc(NC(=O)c2ccc(Br)cc2S)cn1. The molecule has 0 aliphatic heterocycles. The largest absolute Gasteiger partial charge is 0.319 e. The Morgan fingerprint density at radius 3 is 2.88 bits per heavy atom. The Bertz CT molecular complexity index is 568. The fourth-order valence-electron chi connectivity index (χ4n) is 1.38. The van der Waals surface area contributed by atoms with E-state index in [9.17, 15) is 4.79 Å². The molecule has 88 valence electrons. The predicted molar refractivity (Wildman–Crippen MR) is 72.6 cm³/mol. The number of thiol groups is 1. The summed E-state index contributed by atoms with van der Waals surface area (Å²) in [6, 6.07) is 5.30. The first-order valence-corrected chi connectivity index (χ1v) is 6.09. The van der Waals surface area contributed by atoms with Gasteiger partial charge < -0.3 is 5.32 Å². The molecule has 6 heteroatoms. The van der Waals surface area contributed by atoms with Crippen molar-refractivity contribution in [2.45, 2.75) is 4.90 Å². The molecule has 0 spiro atoms. The van der Waals surface area contributed by atoms with Gasteiger partial charge in [0.15, 0.2) is 0 Å². The van der Waals surface area contributed by atoms with Crippen LogP contribution in [0.3, 0.4) is 0 Å². The van der Waals surface area contributed by atoms with Crippen molar-refractivity contribution in [2.24, 2.45) is 7.05 Å². The summed E-state index contributed by atoms with van der Waals surface area (Å²) in [6.07, 6.45) is 3.32. The third-order valence-electron chi connectivity index (χ3n) is 2.17. The zero-order valence-corrected chi connectivity index (χ0v) is 11.5. The van der Waals surface area contributed by atoms with E-state index in [0.29, 0.717) is 16.1 Å². The molecule has 1 heterocycles. The molecule has 1 amide bonds. The van der Waals surface area contributed by atoms with Crippen LogP contribution in [0, 0.1) is 0 Å². The number of nitrogens with zero attached hydrogens (tertiary/aromatic N) is 2. The molecule has 0 bridgehead atoms. The van der Waals surface area contributed by atoms with Crippen LogP contribution < -0.4 is 5.32 Å². The molecule has 2 aromatic rings. The Morgan fingerprint density at radius 2 is 2.29 bits per heavy atom. The number of aromatic nitrogens is 2. The van der Waals surface area contributed by atoms with Crippen LogP contribution >= 0.6 is 28.6 Å². The molecule has 0 unspecified atom stereocenters. The van der Waals surface area contributed by atoms with Crippen LogP contribution in [0.25, 0.3) is 0 Å². The van der Waals surface area contributed by atoms with Crippen molar-refractivity contribution in [1.82, 2.24) is 9.78 Å². The highest BCUT2D eigenvalue weighted by Crippen LogP contribution is 2.20. The first kappa shape index (κ1) is 12.2. The Labute approximate surface area is 113 Å². The zero-order valence-electron chi connectivity index (χ0n) is 9.01. The van der Waals surface area contributed by atoms with Gasteiger partial charge in [-0.1, -0.05) is 15.9 Å². The molecule has 17 heavy (non-hydrogen) atoms. The van der Waals surface area contributed by atoms with Crippen LogP contribution in [0.2, 0.25) is 0 Å². The molecule has 4 nitrogen and oxygen atoms in total. The Hall–Kier alpha value is -1.27. The van der Waals surface area contributed by atoms with Crippen LogP contribution in [-0.4, -0.2) is 15.7 Å². The summed E-state index contributed by atoms with van der Waals surface area (Å²) in [7, 11) is 1.79. The van der Waals surface area contributed by atoms with E-state index in [1.807, 2.05) is 0 Å². The molecule has 0 aliphatic rings. The molecule has 0 aliphatic carbocycles. The van der Waals surface area contributed by atoms with E-state index in [0.717, 1.165) is 4.47 Å². The van der Waals surface area contributed by atoms with Crippen LogP contribution in [0.15, 0.2) is 40.0 Å². The molecule has 1 aromatic carbocycles. The predicted octanol–water partition coefficient (Wildman–Crippen LogP) is 2.72. The maximum Gasteiger partial charge on any atom is 0.256 e. The average molecular weight is 312 g/mol. The molecule has 1 aromatic heterocycles. The topological polar surface area (TPSA) is 46.9 Å². The lowest BCUT2D eigenvalue weighted by Crippen LogP contribution is -2.12. The molecule has 0 fully saturated rings. The van der Waals surface area contributed by atoms with E-state index in [-0.39, 0.29) is 5.91 Å². The summed E-state index contributed by atoms with van der Waals surface area (Å²) in [6.45, 7) is 0. The summed E-state index contributed by atoms with van der Waals surface area (Å²) < 4.78 is 2.51. The third kappa shape index (κ3) is 2.89. The second kappa shape index (κ2) is 4.93. The maximum absolute atomic E-state index is 11.9. The van der Waals surface area contributed by atoms with E-state index in [1.54, 1.807) is 42.3 Å². The van der Waals surface area contributed by atoms with Gasteiger partial charge in [0.05, 0.1) is 17.4 Å². The van der Waals surface area contributed by atoms with Crippen molar-refractivity contribution in [1.29, 1.82) is 0 Å². The van der Waals surface area contributed by atoms with E-state index in [1.165, 1.54) is 0 Å². The number of hydrogen-bond donors (Lipinski definition) is 2. The van der Waals surface area contributed by atoms with E-state index < -0.39 is 0 Å². The van der Waals surface area contributed by atoms with Gasteiger partial charge in [-0.05, 0) is 18.2 Å². The quantitative estimate of drug-likeness (QED) is 0.838. The van der Waals surface area contributed by atoms with Gasteiger partial charge in [-0.3, -0.25) is 9.48 Å². The molecular weight excluding hydrogens is 302 g/mol. The fraction of sp³-hybridized carbons (Fsp3) is 0.0909. The standard InChI is InChI=1S/C11H10BrN3OS/c1-15-6-8(5-13-15)14-11(16)9-3-2-7(12)4-10(9)17/h2-6,17H,1H3,(H,14,16). The molecule has 1 N–H and O–H groups in total. The van der Waals surface area contributed by atoms with E-state index >= 15 is 0 Å². The number of carbonyl (C=O) groups excluding carboxylic acids is 1. The van der Waals surface area contributed by atoms with Crippen molar-refractivity contribution in [2.75, 3.05) is 5.32 Å². The van der Waals surface area contributed by atoms with Gasteiger partial charge in [0.2, 0.25) is 0 Å².